The quantitative estimate of drug-likeness (QED) is 0.263. The van der Waals surface area contributed by atoms with Gasteiger partial charge in [-0.15, -0.1) is 0 Å². The van der Waals surface area contributed by atoms with Gasteiger partial charge in [-0.1, -0.05) is 0 Å². The van der Waals surface area contributed by atoms with E-state index in [-0.39, 0.29) is 37.9 Å². The van der Waals surface area contributed by atoms with Crippen LogP contribution in [0.4, 0.5) is 0 Å². The van der Waals surface area contributed by atoms with E-state index in [4.69, 9.17) is 9.79 Å². The topological polar surface area (TPSA) is 63.2 Å². The first-order chi connectivity index (χ1) is 1.73. The van der Waals surface area contributed by atoms with Crippen molar-refractivity contribution in [1.82, 2.24) is 0 Å². The van der Waals surface area contributed by atoms with Gasteiger partial charge in [0, 0.05) is 0 Å². The van der Waals surface area contributed by atoms with Gasteiger partial charge in [0.25, 0.3) is 0 Å². The Morgan fingerprint density at radius 2 is 1.33 bits per heavy atom. The van der Waals surface area contributed by atoms with E-state index in [9.17, 15) is 0 Å². The summed E-state index contributed by atoms with van der Waals surface area (Å²) in [6, 6.07) is 0. The van der Waals surface area contributed by atoms with Crippen LogP contribution in [0.25, 0.3) is 0 Å². The van der Waals surface area contributed by atoms with Crippen molar-refractivity contribution >= 4 is 59.0 Å². The molecule has 35 valence electrons. The first kappa shape index (κ1) is 15.6. The summed E-state index contributed by atoms with van der Waals surface area (Å²) in [4.78, 5) is 0. The van der Waals surface area contributed by atoms with Gasteiger partial charge in [0.2, 0.25) is 0 Å². The minimum atomic E-state index is -4.20. The molecule has 3 nitrogen and oxygen atoms in total. The minimum absolute atomic E-state index is 0. The molecule has 0 fully saturated rings. The summed E-state index contributed by atoms with van der Waals surface area (Å²) in [7, 11) is 0. The van der Waals surface area contributed by atoms with E-state index in [0.29, 0.717) is 0 Å². The van der Waals surface area contributed by atoms with Gasteiger partial charge in [-0.05, 0) is 0 Å². The molecule has 0 aliphatic rings. The Morgan fingerprint density at radius 3 is 1.33 bits per heavy atom. The second-order valence-electron chi connectivity index (χ2n) is 0.224. The van der Waals surface area contributed by atoms with Gasteiger partial charge in [0.05, 0.1) is 0 Å². The average molecular weight is 325 g/mol. The SMILES string of the molecule is [O]=[Sb]([O-])[O-].[SH-].[Sb+3]. The zero-order chi connectivity index (χ0) is 3.58. The van der Waals surface area contributed by atoms with Crippen molar-refractivity contribution in [3.8, 4) is 0 Å². The summed E-state index contributed by atoms with van der Waals surface area (Å²) in [6.45, 7) is 0. The fourth-order valence-electron chi connectivity index (χ4n) is 0. The minimum Gasteiger partial charge on any atom is -0.813 e. The van der Waals surface area contributed by atoms with E-state index in [1.807, 2.05) is 0 Å². The molecule has 6 heteroatoms. The number of rotatable bonds is 0. The Bertz CT molecular complexity index is 31.8. The molecule has 3 radical (unpaired) electrons. The molecule has 0 rings (SSSR count). The van der Waals surface area contributed by atoms with Crippen molar-refractivity contribution in [3.63, 3.8) is 0 Å². The van der Waals surface area contributed by atoms with E-state index < -0.39 is 21.0 Å². The zero-order valence-electron chi connectivity index (χ0n) is 2.57. The monoisotopic (exact) mass is 323 g/mol. The van der Waals surface area contributed by atoms with Gasteiger partial charge >= 0.3 is 55.3 Å². The van der Waals surface area contributed by atoms with Gasteiger partial charge in [0.15, 0.2) is 0 Å². The average Bonchev–Trinajstić information content (AvgIpc) is 0.811. The molecule has 0 heterocycles. The molecule has 0 bridgehead atoms. The first-order valence-electron chi connectivity index (χ1n) is 0.548. The van der Waals surface area contributed by atoms with Crippen LogP contribution in [0.1, 0.15) is 0 Å². The third-order valence-electron chi connectivity index (χ3n) is 0. The molecule has 0 saturated carbocycles. The summed E-state index contributed by atoms with van der Waals surface area (Å²) < 4.78 is 25.8. The fraction of sp³-hybridized carbons (Fsp3) is 0. The maximum absolute atomic E-state index is 8.60. The number of thiol groups is 1. The Balaban J connectivity index is -0.0000000450. The van der Waals surface area contributed by atoms with Crippen molar-refractivity contribution in [2.75, 3.05) is 0 Å². The van der Waals surface area contributed by atoms with Gasteiger partial charge in [-0.3, -0.25) is 0 Å². The smallest absolute Gasteiger partial charge is 0.813 e. The van der Waals surface area contributed by atoms with Crippen molar-refractivity contribution in [2.24, 2.45) is 0 Å². The number of hydrogen-bond donors (Lipinski definition) is 0. The van der Waals surface area contributed by atoms with E-state index in [1.165, 1.54) is 0 Å². The van der Waals surface area contributed by atoms with Crippen molar-refractivity contribution in [1.29, 1.82) is 0 Å². The third kappa shape index (κ3) is 43.4. The van der Waals surface area contributed by atoms with Crippen LogP contribution < -0.4 is 6.77 Å². The molecule has 0 aliphatic carbocycles. The van der Waals surface area contributed by atoms with Gasteiger partial charge in [-0.2, -0.15) is 0 Å². The Morgan fingerprint density at radius 1 is 1.33 bits per heavy atom. The maximum Gasteiger partial charge on any atom is 3.00 e. The summed E-state index contributed by atoms with van der Waals surface area (Å²) in [5.41, 5.74) is 0. The van der Waals surface area contributed by atoms with Crippen molar-refractivity contribution < 1.29 is 9.79 Å². The zero-order valence-corrected chi connectivity index (χ0v) is 8.57. The molecule has 0 atom stereocenters. The molecule has 6 heavy (non-hydrogen) atoms. The molecule has 0 aromatic carbocycles. The van der Waals surface area contributed by atoms with Crippen LogP contribution in [0.15, 0.2) is 0 Å². The maximum atomic E-state index is 8.60. The van der Waals surface area contributed by atoms with Crippen LogP contribution in [-0.4, -0.2) is 45.5 Å². The molecule has 0 spiro atoms. The molecule has 0 amide bonds. The summed E-state index contributed by atoms with van der Waals surface area (Å²) in [6.07, 6.45) is 0. The van der Waals surface area contributed by atoms with Crippen LogP contribution >= 0.6 is 0 Å². The Labute approximate surface area is 68.1 Å². The molecule has 0 N–H and O–H groups in total. The normalized spacial score (nSPS) is 4.33. The molecule has 0 unspecified atom stereocenters. The first-order valence-corrected chi connectivity index (χ1v) is 3.67. The van der Waals surface area contributed by atoms with Crippen molar-refractivity contribution in [2.45, 2.75) is 0 Å². The van der Waals surface area contributed by atoms with E-state index in [1.54, 1.807) is 0 Å². The number of hydrogen-bond acceptors (Lipinski definition) is 4. The largest absolute Gasteiger partial charge is 3.00 e. The van der Waals surface area contributed by atoms with Crippen LogP contribution in [0.2, 0.25) is 0 Å². The third-order valence-corrected chi connectivity index (χ3v) is 0. The van der Waals surface area contributed by atoms with E-state index in [0.717, 1.165) is 0 Å². The molecule has 0 aromatic heterocycles. The molecular formula is HO3SSb2. The van der Waals surface area contributed by atoms with Crippen LogP contribution in [-0.2, 0) is 16.5 Å². The molecule has 0 saturated heterocycles. The second kappa shape index (κ2) is 9.86. The van der Waals surface area contributed by atoms with Crippen LogP contribution in [0.3, 0.4) is 0 Å². The van der Waals surface area contributed by atoms with Crippen LogP contribution in [0, 0.1) is 0 Å². The molecule has 0 aromatic rings. The van der Waals surface area contributed by atoms with E-state index >= 15 is 0 Å². The molecule has 0 aliphatic heterocycles. The van der Waals surface area contributed by atoms with Gasteiger partial charge < -0.3 is 13.5 Å². The predicted molar refractivity (Wildman–Crippen MR) is 21.0 cm³/mol. The molecular weight excluding hydrogens is 324 g/mol. The van der Waals surface area contributed by atoms with Gasteiger partial charge in [0.1, 0.15) is 0 Å². The van der Waals surface area contributed by atoms with Crippen LogP contribution in [0.5, 0.6) is 0 Å². The Hall–Kier alpha value is 1.71. The second-order valence-corrected chi connectivity index (χ2v) is 1.50. The fourth-order valence-corrected chi connectivity index (χ4v) is 0. The Kier molecular flexibility index (Phi) is 25.7. The standard InChI is InChI=1S/3O.H2S.2Sb/h;;;1H2;;/q;2*-1;;;+3/p-1. The van der Waals surface area contributed by atoms with Crippen molar-refractivity contribution in [3.05, 3.63) is 0 Å². The van der Waals surface area contributed by atoms with Gasteiger partial charge in [-0.25, -0.2) is 0 Å². The predicted octanol–water partition coefficient (Wildman–Crippen LogP) is -3.53. The van der Waals surface area contributed by atoms with E-state index in [2.05, 4.69) is 0 Å². The summed E-state index contributed by atoms with van der Waals surface area (Å²) >= 11 is -4.20. The summed E-state index contributed by atoms with van der Waals surface area (Å²) in [5.74, 6) is 0. The summed E-state index contributed by atoms with van der Waals surface area (Å²) in [5, 5.41) is 0.